The summed E-state index contributed by atoms with van der Waals surface area (Å²) in [6, 6.07) is 5.21. The van der Waals surface area contributed by atoms with Crippen LogP contribution in [0.5, 0.6) is 0 Å². The van der Waals surface area contributed by atoms with Crippen molar-refractivity contribution in [2.75, 3.05) is 9.38 Å². The van der Waals surface area contributed by atoms with Crippen LogP contribution in [-0.4, -0.2) is 18.0 Å². The molecule has 0 radical (unpaired) electrons. The average molecular weight is 320 g/mol. The Morgan fingerprint density at radius 3 is 2.65 bits per heavy atom. The molecule has 0 fully saturated rings. The number of nitro groups is 1. The summed E-state index contributed by atoms with van der Waals surface area (Å²) in [4.78, 5) is 9.96. The molecule has 0 saturated heterocycles. The third kappa shape index (κ3) is 3.40. The van der Waals surface area contributed by atoms with Gasteiger partial charge in [-0.3, -0.25) is 14.8 Å². The normalized spacial score (nSPS) is 10.6. The van der Waals surface area contributed by atoms with Crippen molar-refractivity contribution in [2.24, 2.45) is 0 Å². The van der Waals surface area contributed by atoms with E-state index in [-0.39, 0.29) is 15.9 Å². The largest absolute Gasteiger partial charge is 0.294 e. The molecule has 1 aromatic carbocycles. The zero-order chi connectivity index (χ0) is 13.1. The zero-order valence-electron chi connectivity index (χ0n) is 8.25. The molecule has 0 atom stereocenters. The molecule has 0 heterocycles. The molecule has 0 aliphatic carbocycles. The van der Waals surface area contributed by atoms with Gasteiger partial charge in [-0.2, -0.15) is 5.26 Å². The van der Waals surface area contributed by atoms with E-state index in [1.54, 1.807) is 6.07 Å². The van der Waals surface area contributed by atoms with Crippen LogP contribution < -0.4 is 4.72 Å². The highest BCUT2D eigenvalue weighted by Crippen LogP contribution is 2.26. The first-order valence-electron chi connectivity index (χ1n) is 4.14. The van der Waals surface area contributed by atoms with Gasteiger partial charge in [0.25, 0.3) is 5.69 Å². The molecule has 0 bridgehead atoms. The molecule has 0 unspecified atom stereocenters. The van der Waals surface area contributed by atoms with Crippen LogP contribution in [0.15, 0.2) is 18.2 Å². The molecule has 1 N–H and O–H groups in total. The smallest absolute Gasteiger partial charge is 0.276 e. The van der Waals surface area contributed by atoms with E-state index in [0.717, 1.165) is 6.07 Å². The van der Waals surface area contributed by atoms with E-state index in [0.29, 0.717) is 0 Å². The molecule has 0 spiro atoms. The fraction of sp³-hybridized carbons (Fsp3) is 0.125. The standard InChI is InChI=1S/C8H6BrN3O4S/c9-5-17(15,16)11-7-2-1-6(4-10)3-8(7)12(13)14/h1-3,11H,5H2. The van der Waals surface area contributed by atoms with Gasteiger partial charge in [-0.05, 0) is 12.1 Å². The van der Waals surface area contributed by atoms with Crippen LogP contribution in [0.1, 0.15) is 5.56 Å². The third-order valence-electron chi connectivity index (χ3n) is 1.73. The number of nitrogens with zero attached hydrogens (tertiary/aromatic N) is 2. The first-order chi connectivity index (χ1) is 7.89. The lowest BCUT2D eigenvalue weighted by Gasteiger charge is -2.05. The minimum atomic E-state index is -3.67. The molecule has 90 valence electrons. The first kappa shape index (κ1) is 13.4. The maximum Gasteiger partial charge on any atom is 0.294 e. The lowest BCUT2D eigenvalue weighted by Crippen LogP contribution is -2.14. The Bertz CT molecular complexity index is 593. The van der Waals surface area contributed by atoms with Crippen molar-refractivity contribution in [3.05, 3.63) is 33.9 Å². The fourth-order valence-corrected chi connectivity index (χ4v) is 1.94. The van der Waals surface area contributed by atoms with Crippen LogP contribution in [0.25, 0.3) is 0 Å². The predicted octanol–water partition coefficient (Wildman–Crippen LogP) is 1.56. The maximum absolute atomic E-state index is 11.3. The van der Waals surface area contributed by atoms with Gasteiger partial charge in [0.15, 0.2) is 0 Å². The van der Waals surface area contributed by atoms with Crippen molar-refractivity contribution < 1.29 is 13.3 Å². The van der Waals surface area contributed by atoms with Gasteiger partial charge >= 0.3 is 0 Å². The number of halogens is 1. The van der Waals surface area contributed by atoms with Crippen LogP contribution in [-0.2, 0) is 10.0 Å². The number of nitro benzene ring substituents is 1. The molecule has 0 aliphatic heterocycles. The van der Waals surface area contributed by atoms with Crippen molar-refractivity contribution in [2.45, 2.75) is 0 Å². The molecule has 7 nitrogen and oxygen atoms in total. The number of nitriles is 1. The number of anilines is 1. The van der Waals surface area contributed by atoms with Gasteiger partial charge in [0.1, 0.15) is 10.3 Å². The minimum absolute atomic E-state index is 0.0819. The number of alkyl halides is 1. The lowest BCUT2D eigenvalue weighted by atomic mass is 10.2. The molecule has 9 heteroatoms. The zero-order valence-corrected chi connectivity index (χ0v) is 10.7. The van der Waals surface area contributed by atoms with Crippen LogP contribution in [0.3, 0.4) is 0 Å². The number of rotatable bonds is 4. The maximum atomic E-state index is 11.3. The monoisotopic (exact) mass is 319 g/mol. The number of hydrogen-bond donors (Lipinski definition) is 1. The number of nitrogens with one attached hydrogen (secondary N) is 1. The Kier molecular flexibility index (Phi) is 4.03. The second kappa shape index (κ2) is 5.11. The van der Waals surface area contributed by atoms with Gasteiger partial charge in [-0.25, -0.2) is 8.42 Å². The van der Waals surface area contributed by atoms with Crippen molar-refractivity contribution >= 4 is 37.3 Å². The topological polar surface area (TPSA) is 113 Å². The highest BCUT2D eigenvalue weighted by Gasteiger charge is 2.18. The number of sulfonamides is 1. The summed E-state index contributed by atoms with van der Waals surface area (Å²) < 4.78 is 24.2. The second-order valence-corrected chi connectivity index (χ2v) is 5.95. The van der Waals surface area contributed by atoms with Crippen LogP contribution in [0, 0.1) is 21.4 Å². The summed E-state index contributed by atoms with van der Waals surface area (Å²) in [7, 11) is -3.67. The van der Waals surface area contributed by atoms with E-state index < -0.39 is 20.6 Å². The Hall–Kier alpha value is -1.66. The van der Waals surface area contributed by atoms with E-state index in [4.69, 9.17) is 5.26 Å². The van der Waals surface area contributed by atoms with Crippen LogP contribution in [0.4, 0.5) is 11.4 Å². The molecule has 0 amide bonds. The Balaban J connectivity index is 3.26. The highest BCUT2D eigenvalue weighted by molar-refractivity contribution is 9.10. The van der Waals surface area contributed by atoms with E-state index in [2.05, 4.69) is 15.9 Å². The molecule has 17 heavy (non-hydrogen) atoms. The number of hydrogen-bond acceptors (Lipinski definition) is 5. The summed E-state index contributed by atoms with van der Waals surface area (Å²) in [5.41, 5.74) is -0.555. The quantitative estimate of drug-likeness (QED) is 0.514. The van der Waals surface area contributed by atoms with Gasteiger partial charge in [-0.1, -0.05) is 15.9 Å². The Morgan fingerprint density at radius 2 is 2.18 bits per heavy atom. The SMILES string of the molecule is N#Cc1ccc(NS(=O)(=O)CBr)c([N+](=O)[O-])c1. The average Bonchev–Trinajstić information content (AvgIpc) is 2.29. The number of benzene rings is 1. The molecule has 0 aliphatic rings. The van der Waals surface area contributed by atoms with Crippen LogP contribution in [0.2, 0.25) is 0 Å². The van der Waals surface area contributed by atoms with E-state index in [1.165, 1.54) is 12.1 Å². The molecule has 0 saturated carbocycles. The van der Waals surface area contributed by atoms with E-state index in [1.807, 2.05) is 4.72 Å². The highest BCUT2D eigenvalue weighted by atomic mass is 79.9. The molecular formula is C8H6BrN3O4S. The predicted molar refractivity (Wildman–Crippen MR) is 64.1 cm³/mol. The molecule has 1 aromatic rings. The minimum Gasteiger partial charge on any atom is -0.276 e. The van der Waals surface area contributed by atoms with Crippen molar-refractivity contribution in [3.8, 4) is 6.07 Å². The third-order valence-corrected chi connectivity index (χ3v) is 4.36. The summed E-state index contributed by atoms with van der Waals surface area (Å²) >= 11 is 2.75. The molecule has 1 rings (SSSR count). The summed E-state index contributed by atoms with van der Waals surface area (Å²) in [6.07, 6.45) is 0. The molecular weight excluding hydrogens is 314 g/mol. The van der Waals surface area contributed by atoms with Crippen molar-refractivity contribution in [1.82, 2.24) is 0 Å². The van der Waals surface area contributed by atoms with Crippen molar-refractivity contribution in [3.63, 3.8) is 0 Å². The fourth-order valence-electron chi connectivity index (χ4n) is 1.03. The molecule has 0 aromatic heterocycles. The van der Waals surface area contributed by atoms with E-state index >= 15 is 0 Å². The first-order valence-corrected chi connectivity index (χ1v) is 6.92. The van der Waals surface area contributed by atoms with E-state index in [9.17, 15) is 18.5 Å². The van der Waals surface area contributed by atoms with Gasteiger partial charge in [0.2, 0.25) is 10.0 Å². The van der Waals surface area contributed by atoms with Gasteiger partial charge in [-0.15, -0.1) is 0 Å². The second-order valence-electron chi connectivity index (χ2n) is 2.93. The Labute approximate surface area is 105 Å². The summed E-state index contributed by atoms with van der Waals surface area (Å²) in [5.74, 6) is 0. The van der Waals surface area contributed by atoms with Gasteiger partial charge < -0.3 is 0 Å². The van der Waals surface area contributed by atoms with Crippen LogP contribution >= 0.6 is 15.9 Å². The van der Waals surface area contributed by atoms with Crippen molar-refractivity contribution in [1.29, 1.82) is 5.26 Å². The Morgan fingerprint density at radius 1 is 1.53 bits per heavy atom. The van der Waals surface area contributed by atoms with Gasteiger partial charge in [0.05, 0.1) is 16.6 Å². The lowest BCUT2D eigenvalue weighted by molar-refractivity contribution is -0.383. The summed E-state index contributed by atoms with van der Waals surface area (Å²) in [6.45, 7) is 0. The summed E-state index contributed by atoms with van der Waals surface area (Å²) in [5, 5.41) is 19.3. The van der Waals surface area contributed by atoms with Gasteiger partial charge in [0, 0.05) is 6.07 Å².